The third-order valence-corrected chi connectivity index (χ3v) is 7.60. The zero-order chi connectivity index (χ0) is 26.7. The number of alkyl halides is 3. The lowest BCUT2D eigenvalue weighted by atomic mass is 9.82. The van der Waals surface area contributed by atoms with E-state index in [0.717, 1.165) is 36.2 Å². The van der Waals surface area contributed by atoms with Crippen LogP contribution in [0.25, 0.3) is 0 Å². The van der Waals surface area contributed by atoms with Crippen molar-refractivity contribution in [2.24, 2.45) is 5.92 Å². The quantitative estimate of drug-likeness (QED) is 0.477. The number of piperazine rings is 1. The van der Waals surface area contributed by atoms with Crippen molar-refractivity contribution in [2.75, 3.05) is 38.2 Å². The third kappa shape index (κ3) is 5.65. The maximum absolute atomic E-state index is 13.5. The van der Waals surface area contributed by atoms with Crippen LogP contribution in [0, 0.1) is 5.92 Å². The molecule has 0 radical (unpaired) electrons. The molecule has 0 saturated carbocycles. The fourth-order valence-corrected chi connectivity index (χ4v) is 5.71. The molecular weight excluding hydrogens is 491 g/mol. The number of amides is 1. The second-order valence-electron chi connectivity index (χ2n) is 9.99. The van der Waals surface area contributed by atoms with Crippen LogP contribution in [0.2, 0.25) is 0 Å². The molecule has 2 heterocycles. The number of methoxy groups -OCH3 is 1. The summed E-state index contributed by atoms with van der Waals surface area (Å²) in [5.41, 5.74) is 2.91. The zero-order valence-electron chi connectivity index (χ0n) is 21.4. The Labute approximate surface area is 221 Å². The Hall–Kier alpha value is -3.52. The van der Waals surface area contributed by atoms with Gasteiger partial charge in [-0.2, -0.15) is 13.2 Å². The summed E-state index contributed by atoms with van der Waals surface area (Å²) < 4.78 is 45.9. The molecule has 8 heteroatoms. The van der Waals surface area contributed by atoms with E-state index in [1.165, 1.54) is 11.6 Å². The molecule has 0 bridgehead atoms. The zero-order valence-corrected chi connectivity index (χ0v) is 21.4. The fraction of sp³-hybridized carbons (Fsp3) is 0.367. The fourth-order valence-electron chi connectivity index (χ4n) is 5.71. The molecule has 0 spiro atoms. The molecule has 3 aromatic rings. The predicted molar refractivity (Wildman–Crippen MR) is 141 cm³/mol. The van der Waals surface area contributed by atoms with Crippen LogP contribution in [-0.2, 0) is 30.4 Å². The minimum atomic E-state index is -4.42. The van der Waals surface area contributed by atoms with E-state index < -0.39 is 17.7 Å². The van der Waals surface area contributed by atoms with Crippen molar-refractivity contribution >= 4 is 11.6 Å². The van der Waals surface area contributed by atoms with E-state index in [9.17, 15) is 18.0 Å². The Bertz CT molecular complexity index is 1270. The number of halogens is 3. The lowest BCUT2D eigenvalue weighted by Crippen LogP contribution is -2.61. The number of nitrogens with zero attached hydrogens (tertiary/aromatic N) is 2. The standard InChI is InChI=1S/C30H32F3N3O2/c1-38-28-10-6-5-9-22(28)13-14-34-29(37)25-18-23-17-24(30(31,32)33)11-12-26(23)36-16-15-35(20-27(25)36)19-21-7-3-2-4-8-21/h2-12,17,25,27H,13-16,18-20H2,1H3,(H,34,37). The van der Waals surface area contributed by atoms with Crippen LogP contribution >= 0.6 is 0 Å². The van der Waals surface area contributed by atoms with Gasteiger partial charge in [0.25, 0.3) is 0 Å². The van der Waals surface area contributed by atoms with Crippen LogP contribution in [0.3, 0.4) is 0 Å². The van der Waals surface area contributed by atoms with Gasteiger partial charge in [0.05, 0.1) is 24.6 Å². The number of carbonyl (C=O) groups excluding carboxylic acids is 1. The van der Waals surface area contributed by atoms with E-state index in [4.69, 9.17) is 4.74 Å². The number of hydrogen-bond acceptors (Lipinski definition) is 4. The Morgan fingerprint density at radius 2 is 1.79 bits per heavy atom. The smallest absolute Gasteiger partial charge is 0.416 e. The number of ether oxygens (including phenoxy) is 1. The minimum Gasteiger partial charge on any atom is -0.496 e. The Morgan fingerprint density at radius 1 is 1.03 bits per heavy atom. The Morgan fingerprint density at radius 3 is 2.55 bits per heavy atom. The molecule has 2 atom stereocenters. The summed E-state index contributed by atoms with van der Waals surface area (Å²) in [5, 5.41) is 3.06. The van der Waals surface area contributed by atoms with Crippen LogP contribution in [0.1, 0.15) is 22.3 Å². The summed E-state index contributed by atoms with van der Waals surface area (Å²) in [5.74, 6) is 0.185. The first kappa shape index (κ1) is 26.1. The van der Waals surface area contributed by atoms with Gasteiger partial charge in [0.1, 0.15) is 5.75 Å². The molecule has 1 amide bonds. The van der Waals surface area contributed by atoms with Crippen LogP contribution in [-0.4, -0.2) is 50.1 Å². The van der Waals surface area contributed by atoms with Gasteiger partial charge in [0.15, 0.2) is 0 Å². The normalized spacial score (nSPS) is 19.4. The van der Waals surface area contributed by atoms with Crippen molar-refractivity contribution in [3.8, 4) is 5.75 Å². The first-order valence-electron chi connectivity index (χ1n) is 13.0. The van der Waals surface area contributed by atoms with Crippen LogP contribution < -0.4 is 15.0 Å². The Balaban J connectivity index is 1.36. The van der Waals surface area contributed by atoms with Gasteiger partial charge in [-0.25, -0.2) is 0 Å². The highest BCUT2D eigenvalue weighted by Crippen LogP contribution is 2.40. The molecule has 1 N–H and O–H groups in total. The van der Waals surface area contributed by atoms with E-state index in [-0.39, 0.29) is 18.4 Å². The lowest BCUT2D eigenvalue weighted by Gasteiger charge is -2.49. The lowest BCUT2D eigenvalue weighted by molar-refractivity contribution is -0.137. The van der Waals surface area contributed by atoms with Crippen LogP contribution in [0.15, 0.2) is 72.8 Å². The SMILES string of the molecule is COc1ccccc1CCNC(=O)C1Cc2cc(C(F)(F)F)ccc2N2CCN(Cc3ccccc3)CC12. The number of fused-ring (bicyclic) bond motifs is 3. The van der Waals surface area contributed by atoms with Gasteiger partial charge >= 0.3 is 6.18 Å². The summed E-state index contributed by atoms with van der Waals surface area (Å²) >= 11 is 0. The molecule has 1 saturated heterocycles. The summed E-state index contributed by atoms with van der Waals surface area (Å²) in [6.07, 6.45) is -3.54. The second-order valence-corrected chi connectivity index (χ2v) is 9.99. The predicted octanol–water partition coefficient (Wildman–Crippen LogP) is 4.94. The highest BCUT2D eigenvalue weighted by atomic mass is 19.4. The van der Waals surface area contributed by atoms with Crippen LogP contribution in [0.4, 0.5) is 18.9 Å². The van der Waals surface area contributed by atoms with Gasteiger partial charge in [-0.05, 0) is 53.8 Å². The van der Waals surface area contributed by atoms with Gasteiger partial charge in [0, 0.05) is 38.4 Å². The van der Waals surface area contributed by atoms with E-state index in [2.05, 4.69) is 27.2 Å². The van der Waals surface area contributed by atoms with Gasteiger partial charge in [0.2, 0.25) is 5.91 Å². The largest absolute Gasteiger partial charge is 0.496 e. The molecule has 2 aliphatic rings. The number of rotatable bonds is 7. The number of nitrogens with one attached hydrogen (secondary N) is 1. The number of carbonyl (C=O) groups is 1. The Kier molecular flexibility index (Phi) is 7.61. The maximum atomic E-state index is 13.5. The topological polar surface area (TPSA) is 44.8 Å². The molecule has 2 unspecified atom stereocenters. The summed E-state index contributed by atoms with van der Waals surface area (Å²) in [6.45, 7) is 3.29. The summed E-state index contributed by atoms with van der Waals surface area (Å²) in [4.78, 5) is 18.0. The molecule has 38 heavy (non-hydrogen) atoms. The monoisotopic (exact) mass is 523 g/mol. The molecule has 0 aromatic heterocycles. The average molecular weight is 524 g/mol. The first-order valence-corrected chi connectivity index (χ1v) is 13.0. The van der Waals surface area contributed by atoms with Gasteiger partial charge < -0.3 is 15.0 Å². The average Bonchev–Trinajstić information content (AvgIpc) is 2.92. The number of anilines is 1. The van der Waals surface area contributed by atoms with E-state index in [1.807, 2.05) is 42.5 Å². The van der Waals surface area contributed by atoms with Gasteiger partial charge in [-0.1, -0.05) is 48.5 Å². The molecule has 0 aliphatic carbocycles. The third-order valence-electron chi connectivity index (χ3n) is 7.60. The van der Waals surface area contributed by atoms with Gasteiger partial charge in [-0.3, -0.25) is 9.69 Å². The molecule has 2 aliphatic heterocycles. The molecule has 3 aromatic carbocycles. The number of hydrogen-bond donors (Lipinski definition) is 1. The highest BCUT2D eigenvalue weighted by molar-refractivity contribution is 5.82. The minimum absolute atomic E-state index is 0.122. The number of benzene rings is 3. The van der Waals surface area contributed by atoms with Crippen molar-refractivity contribution in [3.05, 3.63) is 95.1 Å². The van der Waals surface area contributed by atoms with Crippen LogP contribution in [0.5, 0.6) is 5.75 Å². The molecule has 5 nitrogen and oxygen atoms in total. The van der Waals surface area contributed by atoms with Crippen molar-refractivity contribution < 1.29 is 22.7 Å². The van der Waals surface area contributed by atoms with E-state index in [0.29, 0.717) is 31.6 Å². The molecule has 1 fully saturated rings. The second kappa shape index (κ2) is 11.1. The van der Waals surface area contributed by atoms with E-state index in [1.54, 1.807) is 13.2 Å². The maximum Gasteiger partial charge on any atom is 0.416 e. The summed E-state index contributed by atoms with van der Waals surface area (Å²) in [6, 6.07) is 21.7. The first-order chi connectivity index (χ1) is 18.3. The molecular formula is C30H32F3N3O2. The van der Waals surface area contributed by atoms with Gasteiger partial charge in [-0.15, -0.1) is 0 Å². The molecule has 5 rings (SSSR count). The van der Waals surface area contributed by atoms with Crippen molar-refractivity contribution in [2.45, 2.75) is 31.6 Å². The molecule has 200 valence electrons. The summed E-state index contributed by atoms with van der Waals surface area (Å²) in [7, 11) is 1.62. The van der Waals surface area contributed by atoms with E-state index >= 15 is 0 Å². The highest BCUT2D eigenvalue weighted by Gasteiger charge is 2.42. The van der Waals surface area contributed by atoms with Crippen molar-refractivity contribution in [1.82, 2.24) is 10.2 Å². The number of para-hydroxylation sites is 1. The van der Waals surface area contributed by atoms with Crippen molar-refractivity contribution in [1.29, 1.82) is 0 Å². The van der Waals surface area contributed by atoms with Crippen molar-refractivity contribution in [3.63, 3.8) is 0 Å².